The van der Waals surface area contributed by atoms with Crippen molar-refractivity contribution in [3.63, 3.8) is 0 Å². The number of aromatic nitrogens is 2. The van der Waals surface area contributed by atoms with E-state index in [1.807, 2.05) is 17.7 Å². The predicted octanol–water partition coefficient (Wildman–Crippen LogP) is 1.12. The Morgan fingerprint density at radius 3 is 3.00 bits per heavy atom. The molecule has 1 aliphatic rings. The molecule has 0 bridgehead atoms. The number of nitrogens with one attached hydrogen (secondary N) is 2. The van der Waals surface area contributed by atoms with Gasteiger partial charge in [0.05, 0.1) is 6.33 Å². The van der Waals surface area contributed by atoms with Crippen LogP contribution in [0, 0.1) is 0 Å². The Kier molecular flexibility index (Phi) is 3.44. The zero-order chi connectivity index (χ0) is 11.4. The average molecular weight is 222 g/mol. The van der Waals surface area contributed by atoms with E-state index in [2.05, 4.69) is 15.6 Å². The Hall–Kier alpha value is -1.52. The largest absolute Gasteiger partial charge is 0.335 e. The van der Waals surface area contributed by atoms with Gasteiger partial charge in [0.25, 0.3) is 0 Å². The van der Waals surface area contributed by atoms with Gasteiger partial charge in [-0.1, -0.05) is 0 Å². The molecule has 5 nitrogen and oxygen atoms in total. The number of hydrogen-bond donors (Lipinski definition) is 2. The van der Waals surface area contributed by atoms with E-state index in [1.54, 1.807) is 12.5 Å². The normalized spacial score (nSPS) is 17.6. The lowest BCUT2D eigenvalue weighted by Crippen LogP contribution is -2.48. The van der Waals surface area contributed by atoms with Crippen molar-refractivity contribution in [2.24, 2.45) is 0 Å². The second-order valence-corrected chi connectivity index (χ2v) is 4.41. The van der Waals surface area contributed by atoms with Crippen molar-refractivity contribution in [2.45, 2.75) is 44.8 Å². The average Bonchev–Trinajstić information content (AvgIpc) is 2.63. The lowest BCUT2D eigenvalue weighted by Gasteiger charge is -2.27. The van der Waals surface area contributed by atoms with Crippen LogP contribution in [0.25, 0.3) is 0 Å². The van der Waals surface area contributed by atoms with E-state index in [9.17, 15) is 4.79 Å². The van der Waals surface area contributed by atoms with Crippen LogP contribution in [0.4, 0.5) is 4.79 Å². The Morgan fingerprint density at radius 1 is 1.62 bits per heavy atom. The quantitative estimate of drug-likeness (QED) is 0.802. The highest BCUT2D eigenvalue weighted by Crippen LogP contribution is 2.17. The standard InChI is InChI=1S/C11H18N4O/c1-9(7-15-6-5-12-8-15)13-11(16)14-10-3-2-4-10/h5-6,8-10H,2-4,7H2,1H3,(H2,13,14,16). The topological polar surface area (TPSA) is 59.0 Å². The molecule has 2 N–H and O–H groups in total. The van der Waals surface area contributed by atoms with E-state index in [0.717, 1.165) is 19.4 Å². The van der Waals surface area contributed by atoms with Gasteiger partial charge < -0.3 is 15.2 Å². The zero-order valence-electron chi connectivity index (χ0n) is 9.52. The first kappa shape index (κ1) is 11.0. The van der Waals surface area contributed by atoms with Gasteiger partial charge in [0.2, 0.25) is 0 Å². The van der Waals surface area contributed by atoms with Crippen LogP contribution in [0.15, 0.2) is 18.7 Å². The molecule has 2 amide bonds. The highest BCUT2D eigenvalue weighted by atomic mass is 16.2. The van der Waals surface area contributed by atoms with E-state index in [4.69, 9.17) is 0 Å². The number of nitrogens with zero attached hydrogens (tertiary/aromatic N) is 2. The summed E-state index contributed by atoms with van der Waals surface area (Å²) in [7, 11) is 0. The minimum absolute atomic E-state index is 0.0580. The first-order valence-corrected chi connectivity index (χ1v) is 5.77. The van der Waals surface area contributed by atoms with Crippen LogP contribution in [-0.2, 0) is 6.54 Å². The number of amides is 2. The highest BCUT2D eigenvalue weighted by molar-refractivity contribution is 5.74. The molecule has 1 aromatic rings. The SMILES string of the molecule is CC(Cn1ccnc1)NC(=O)NC1CCC1. The molecule has 1 aliphatic carbocycles. The third-order valence-corrected chi connectivity index (χ3v) is 2.86. The molecule has 0 aromatic carbocycles. The third kappa shape index (κ3) is 2.98. The lowest BCUT2D eigenvalue weighted by atomic mass is 9.93. The molecule has 1 fully saturated rings. The van der Waals surface area contributed by atoms with Crippen molar-refractivity contribution in [3.05, 3.63) is 18.7 Å². The first-order chi connectivity index (χ1) is 7.74. The van der Waals surface area contributed by atoms with Crippen LogP contribution < -0.4 is 10.6 Å². The van der Waals surface area contributed by atoms with Crippen LogP contribution in [0.1, 0.15) is 26.2 Å². The van der Waals surface area contributed by atoms with Gasteiger partial charge in [-0.2, -0.15) is 0 Å². The summed E-state index contributed by atoms with van der Waals surface area (Å²) in [6.07, 6.45) is 8.84. The van der Waals surface area contributed by atoms with Crippen LogP contribution in [-0.4, -0.2) is 27.7 Å². The number of carbonyl (C=O) groups excluding carboxylic acids is 1. The van der Waals surface area contributed by atoms with Crippen molar-refractivity contribution in [2.75, 3.05) is 0 Å². The summed E-state index contributed by atoms with van der Waals surface area (Å²) in [6, 6.07) is 0.437. The summed E-state index contributed by atoms with van der Waals surface area (Å²) >= 11 is 0. The summed E-state index contributed by atoms with van der Waals surface area (Å²) in [5.41, 5.74) is 0. The second kappa shape index (κ2) is 5.01. The Labute approximate surface area is 95.2 Å². The minimum atomic E-state index is -0.0580. The van der Waals surface area contributed by atoms with Gasteiger partial charge in [-0.05, 0) is 26.2 Å². The van der Waals surface area contributed by atoms with E-state index >= 15 is 0 Å². The van der Waals surface area contributed by atoms with Gasteiger partial charge in [0, 0.05) is 31.0 Å². The van der Waals surface area contributed by atoms with Crippen molar-refractivity contribution < 1.29 is 4.79 Å². The predicted molar refractivity (Wildman–Crippen MR) is 61.0 cm³/mol. The van der Waals surface area contributed by atoms with E-state index < -0.39 is 0 Å². The van der Waals surface area contributed by atoms with Crippen molar-refractivity contribution in [1.29, 1.82) is 0 Å². The summed E-state index contributed by atoms with van der Waals surface area (Å²) in [4.78, 5) is 15.5. The number of urea groups is 1. The number of hydrogen-bond acceptors (Lipinski definition) is 2. The first-order valence-electron chi connectivity index (χ1n) is 5.77. The lowest BCUT2D eigenvalue weighted by molar-refractivity contribution is 0.224. The van der Waals surface area contributed by atoms with Gasteiger partial charge in [-0.25, -0.2) is 9.78 Å². The summed E-state index contributed by atoms with van der Waals surface area (Å²) in [6.45, 7) is 2.73. The van der Waals surface area contributed by atoms with Crippen LogP contribution in [0.3, 0.4) is 0 Å². The van der Waals surface area contributed by atoms with Crippen LogP contribution in [0.5, 0.6) is 0 Å². The van der Waals surface area contributed by atoms with Gasteiger partial charge in [-0.3, -0.25) is 0 Å². The van der Waals surface area contributed by atoms with Gasteiger partial charge in [0.15, 0.2) is 0 Å². The molecular formula is C11H18N4O. The van der Waals surface area contributed by atoms with Crippen molar-refractivity contribution in [3.8, 4) is 0 Å². The fourth-order valence-corrected chi connectivity index (χ4v) is 1.76. The van der Waals surface area contributed by atoms with Gasteiger partial charge >= 0.3 is 6.03 Å². The maximum Gasteiger partial charge on any atom is 0.315 e. The van der Waals surface area contributed by atoms with Crippen molar-refractivity contribution >= 4 is 6.03 Å². The van der Waals surface area contributed by atoms with Gasteiger partial charge in [-0.15, -0.1) is 0 Å². The molecule has 5 heteroatoms. The van der Waals surface area contributed by atoms with Crippen LogP contribution >= 0.6 is 0 Å². The molecular weight excluding hydrogens is 204 g/mol. The van der Waals surface area contributed by atoms with E-state index in [1.165, 1.54) is 6.42 Å². The molecule has 1 heterocycles. The minimum Gasteiger partial charge on any atom is -0.335 e. The highest BCUT2D eigenvalue weighted by Gasteiger charge is 2.19. The second-order valence-electron chi connectivity index (χ2n) is 4.41. The van der Waals surface area contributed by atoms with E-state index in [-0.39, 0.29) is 12.1 Å². The molecule has 16 heavy (non-hydrogen) atoms. The Morgan fingerprint density at radius 2 is 2.44 bits per heavy atom. The third-order valence-electron chi connectivity index (χ3n) is 2.86. The molecule has 2 rings (SSSR count). The monoisotopic (exact) mass is 222 g/mol. The van der Waals surface area contributed by atoms with E-state index in [0.29, 0.717) is 6.04 Å². The smallest absolute Gasteiger partial charge is 0.315 e. The fraction of sp³-hybridized carbons (Fsp3) is 0.636. The summed E-state index contributed by atoms with van der Waals surface area (Å²) in [5.74, 6) is 0. The molecule has 1 aromatic heterocycles. The zero-order valence-corrected chi connectivity index (χ0v) is 9.52. The molecule has 0 saturated heterocycles. The number of rotatable bonds is 4. The molecule has 1 saturated carbocycles. The Balaban J connectivity index is 1.69. The molecule has 0 radical (unpaired) electrons. The molecule has 88 valence electrons. The number of carbonyl (C=O) groups is 1. The fourth-order valence-electron chi connectivity index (χ4n) is 1.76. The summed E-state index contributed by atoms with van der Waals surface area (Å²) in [5, 5.41) is 5.87. The summed E-state index contributed by atoms with van der Waals surface area (Å²) < 4.78 is 1.95. The van der Waals surface area contributed by atoms with Gasteiger partial charge in [0.1, 0.15) is 0 Å². The molecule has 1 atom stereocenters. The maximum absolute atomic E-state index is 11.5. The Bertz CT molecular complexity index is 332. The molecule has 0 aliphatic heterocycles. The molecule has 1 unspecified atom stereocenters. The number of imidazole rings is 1. The van der Waals surface area contributed by atoms with Crippen LogP contribution in [0.2, 0.25) is 0 Å². The van der Waals surface area contributed by atoms with Crippen molar-refractivity contribution in [1.82, 2.24) is 20.2 Å². The maximum atomic E-state index is 11.5. The molecule has 0 spiro atoms.